The number of anilines is 1. The first-order chi connectivity index (χ1) is 9.35. The molecule has 5 N–H and O–H groups in total. The first-order valence-electron chi connectivity index (χ1n) is 5.89. The van der Waals surface area contributed by atoms with E-state index in [-0.39, 0.29) is 6.42 Å². The summed E-state index contributed by atoms with van der Waals surface area (Å²) >= 11 is 0. The van der Waals surface area contributed by atoms with Crippen molar-refractivity contribution >= 4 is 23.5 Å². The molecule has 7 heteroatoms. The Hall–Kier alpha value is -2.41. The lowest BCUT2D eigenvalue weighted by molar-refractivity contribution is -0.123. The second-order valence-corrected chi connectivity index (χ2v) is 4.29. The van der Waals surface area contributed by atoms with Gasteiger partial charge < -0.3 is 21.5 Å². The van der Waals surface area contributed by atoms with Crippen LogP contribution in [0.5, 0.6) is 0 Å². The van der Waals surface area contributed by atoms with Crippen molar-refractivity contribution in [1.82, 2.24) is 0 Å². The predicted octanol–water partition coefficient (Wildman–Crippen LogP) is -0.0772. The summed E-state index contributed by atoms with van der Waals surface area (Å²) in [6, 6.07) is 3.70. The van der Waals surface area contributed by atoms with Gasteiger partial charge in [-0.25, -0.2) is 4.79 Å². The van der Waals surface area contributed by atoms with Crippen molar-refractivity contribution in [2.45, 2.75) is 19.4 Å². The molecule has 0 bridgehead atoms. The highest BCUT2D eigenvalue weighted by atomic mass is 16.5. The number of ether oxygens (including phenoxy) is 1. The van der Waals surface area contributed by atoms with E-state index in [0.29, 0.717) is 11.3 Å². The van der Waals surface area contributed by atoms with Crippen molar-refractivity contribution in [3.05, 3.63) is 29.3 Å². The Morgan fingerprint density at radius 2 is 2.00 bits per heavy atom. The standard InChI is InChI=1S/C13H17N3O4/c1-7-3-4-8(13(19)20-2)5-10(7)16-12(18)9(14)6-11(15)17/h3-5,9H,6,14H2,1-2H3,(H2,15,17)(H,16,18). The zero-order valence-corrected chi connectivity index (χ0v) is 11.3. The molecule has 0 aliphatic heterocycles. The van der Waals surface area contributed by atoms with Gasteiger partial charge in [-0.1, -0.05) is 6.07 Å². The summed E-state index contributed by atoms with van der Waals surface area (Å²) in [6.07, 6.45) is -0.248. The van der Waals surface area contributed by atoms with Gasteiger partial charge in [-0.2, -0.15) is 0 Å². The third-order valence-corrected chi connectivity index (χ3v) is 2.67. The van der Waals surface area contributed by atoms with E-state index < -0.39 is 23.8 Å². The Morgan fingerprint density at radius 3 is 2.55 bits per heavy atom. The number of nitrogens with two attached hydrogens (primary N) is 2. The summed E-state index contributed by atoms with van der Waals surface area (Å²) in [4.78, 5) is 33.9. The fraction of sp³-hybridized carbons (Fsp3) is 0.308. The lowest BCUT2D eigenvalue weighted by Gasteiger charge is -2.13. The highest BCUT2D eigenvalue weighted by Gasteiger charge is 2.17. The number of aryl methyl sites for hydroxylation is 1. The van der Waals surface area contributed by atoms with Gasteiger partial charge in [0.15, 0.2) is 0 Å². The van der Waals surface area contributed by atoms with Crippen LogP contribution in [-0.2, 0) is 14.3 Å². The van der Waals surface area contributed by atoms with E-state index in [4.69, 9.17) is 11.5 Å². The molecule has 20 heavy (non-hydrogen) atoms. The van der Waals surface area contributed by atoms with Gasteiger partial charge >= 0.3 is 5.97 Å². The van der Waals surface area contributed by atoms with Gasteiger partial charge in [0.2, 0.25) is 11.8 Å². The molecular weight excluding hydrogens is 262 g/mol. The molecule has 0 aliphatic carbocycles. The van der Waals surface area contributed by atoms with Crippen molar-refractivity contribution in [2.75, 3.05) is 12.4 Å². The maximum atomic E-state index is 11.8. The Kier molecular flexibility index (Phi) is 5.22. The van der Waals surface area contributed by atoms with Crippen molar-refractivity contribution in [2.24, 2.45) is 11.5 Å². The smallest absolute Gasteiger partial charge is 0.337 e. The zero-order valence-electron chi connectivity index (χ0n) is 11.3. The Labute approximate surface area is 116 Å². The molecule has 0 aromatic heterocycles. The number of nitrogens with one attached hydrogen (secondary N) is 1. The van der Waals surface area contributed by atoms with Crippen molar-refractivity contribution in [3.63, 3.8) is 0 Å². The molecule has 1 atom stereocenters. The molecule has 1 aromatic carbocycles. The van der Waals surface area contributed by atoms with Crippen LogP contribution in [0.15, 0.2) is 18.2 Å². The van der Waals surface area contributed by atoms with E-state index in [9.17, 15) is 14.4 Å². The molecule has 0 aliphatic rings. The Morgan fingerprint density at radius 1 is 1.35 bits per heavy atom. The fourth-order valence-electron chi connectivity index (χ4n) is 1.54. The number of rotatable bonds is 5. The summed E-state index contributed by atoms with van der Waals surface area (Å²) < 4.78 is 4.60. The third-order valence-electron chi connectivity index (χ3n) is 2.67. The van der Waals surface area contributed by atoms with E-state index in [1.54, 1.807) is 19.1 Å². The minimum absolute atomic E-state index is 0.248. The average Bonchev–Trinajstić information content (AvgIpc) is 2.39. The predicted molar refractivity (Wildman–Crippen MR) is 72.9 cm³/mol. The minimum Gasteiger partial charge on any atom is -0.465 e. The van der Waals surface area contributed by atoms with Gasteiger partial charge in [-0.3, -0.25) is 9.59 Å². The average molecular weight is 279 g/mol. The zero-order chi connectivity index (χ0) is 15.3. The summed E-state index contributed by atoms with van der Waals surface area (Å²) in [5.74, 6) is -1.72. The Bertz CT molecular complexity index is 542. The van der Waals surface area contributed by atoms with Crippen molar-refractivity contribution in [1.29, 1.82) is 0 Å². The minimum atomic E-state index is -1.03. The first-order valence-corrected chi connectivity index (χ1v) is 5.89. The van der Waals surface area contributed by atoms with Crippen LogP contribution in [-0.4, -0.2) is 30.9 Å². The number of amides is 2. The maximum absolute atomic E-state index is 11.8. The number of hydrogen-bond acceptors (Lipinski definition) is 5. The van der Waals surface area contributed by atoms with Crippen LogP contribution in [0.2, 0.25) is 0 Å². The van der Waals surface area contributed by atoms with E-state index in [2.05, 4.69) is 10.1 Å². The Balaban J connectivity index is 2.88. The highest BCUT2D eigenvalue weighted by molar-refractivity contribution is 5.99. The molecule has 1 aromatic rings. The van der Waals surface area contributed by atoms with Crippen molar-refractivity contribution < 1.29 is 19.1 Å². The summed E-state index contributed by atoms with van der Waals surface area (Å²) in [5, 5.41) is 2.56. The van der Waals surface area contributed by atoms with Crippen molar-refractivity contribution in [3.8, 4) is 0 Å². The molecule has 0 saturated heterocycles. The first kappa shape index (κ1) is 15.6. The molecule has 7 nitrogen and oxygen atoms in total. The normalized spacial score (nSPS) is 11.6. The lowest BCUT2D eigenvalue weighted by Crippen LogP contribution is -2.39. The second-order valence-electron chi connectivity index (χ2n) is 4.29. The number of carbonyl (C=O) groups is 3. The van der Waals surface area contributed by atoms with Crippen LogP contribution in [0, 0.1) is 6.92 Å². The molecular formula is C13H17N3O4. The van der Waals surface area contributed by atoms with Crippen LogP contribution in [0.3, 0.4) is 0 Å². The van der Waals surface area contributed by atoms with Crippen LogP contribution < -0.4 is 16.8 Å². The van der Waals surface area contributed by atoms with Gasteiger partial charge in [0.1, 0.15) is 0 Å². The van der Waals surface area contributed by atoms with Gasteiger partial charge in [-0.15, -0.1) is 0 Å². The van der Waals surface area contributed by atoms with Crippen LogP contribution >= 0.6 is 0 Å². The van der Waals surface area contributed by atoms with Gasteiger partial charge in [0.25, 0.3) is 0 Å². The summed E-state index contributed by atoms with van der Waals surface area (Å²) in [7, 11) is 1.27. The van der Waals surface area contributed by atoms with E-state index in [1.807, 2.05) is 0 Å². The molecule has 2 amide bonds. The number of esters is 1. The summed E-state index contributed by atoms with van der Waals surface area (Å²) in [6.45, 7) is 1.76. The van der Waals surface area contributed by atoms with Crippen LogP contribution in [0.1, 0.15) is 22.3 Å². The van der Waals surface area contributed by atoms with Gasteiger partial charge in [0, 0.05) is 5.69 Å². The fourth-order valence-corrected chi connectivity index (χ4v) is 1.54. The lowest BCUT2D eigenvalue weighted by atomic mass is 10.1. The quantitative estimate of drug-likeness (QED) is 0.650. The topological polar surface area (TPSA) is 125 Å². The van der Waals surface area contributed by atoms with E-state index in [1.165, 1.54) is 13.2 Å². The molecule has 0 fully saturated rings. The van der Waals surface area contributed by atoms with Gasteiger partial charge in [-0.05, 0) is 24.6 Å². The number of methoxy groups -OCH3 is 1. The number of benzene rings is 1. The molecule has 1 rings (SSSR count). The summed E-state index contributed by atoms with van der Waals surface area (Å²) in [5.41, 5.74) is 12.0. The second kappa shape index (κ2) is 6.67. The molecule has 1 unspecified atom stereocenters. The SMILES string of the molecule is COC(=O)c1ccc(C)c(NC(=O)C(N)CC(N)=O)c1. The maximum Gasteiger partial charge on any atom is 0.337 e. The van der Waals surface area contributed by atoms with E-state index in [0.717, 1.165) is 5.56 Å². The van der Waals surface area contributed by atoms with Crippen LogP contribution in [0.25, 0.3) is 0 Å². The molecule has 0 spiro atoms. The molecule has 0 heterocycles. The van der Waals surface area contributed by atoms with Gasteiger partial charge in [0.05, 0.1) is 25.1 Å². The molecule has 108 valence electrons. The number of hydrogen-bond donors (Lipinski definition) is 3. The number of primary amides is 1. The largest absolute Gasteiger partial charge is 0.465 e. The molecule has 0 radical (unpaired) electrons. The third kappa shape index (κ3) is 4.06. The monoisotopic (exact) mass is 279 g/mol. The van der Waals surface area contributed by atoms with E-state index >= 15 is 0 Å². The van der Waals surface area contributed by atoms with Crippen LogP contribution in [0.4, 0.5) is 5.69 Å². The highest BCUT2D eigenvalue weighted by Crippen LogP contribution is 2.17. The number of carbonyl (C=O) groups excluding carboxylic acids is 3. The molecule has 0 saturated carbocycles.